The molecule has 0 aromatic heterocycles. The van der Waals surface area contributed by atoms with Crippen LogP contribution in [0.5, 0.6) is 11.5 Å². The third-order valence-electron chi connectivity index (χ3n) is 4.66. The lowest BCUT2D eigenvalue weighted by Gasteiger charge is -2.18. The van der Waals surface area contributed by atoms with Crippen molar-refractivity contribution < 1.29 is 10.2 Å². The Morgan fingerprint density at radius 1 is 0.640 bits per heavy atom. The first-order valence-electron chi connectivity index (χ1n) is 8.85. The van der Waals surface area contributed by atoms with Crippen LogP contribution in [0.4, 0.5) is 0 Å². The van der Waals surface area contributed by atoms with E-state index in [0.29, 0.717) is 11.7 Å². The molecule has 0 radical (unpaired) electrons. The maximum Gasteiger partial charge on any atom is 0.115 e. The van der Waals surface area contributed by atoms with E-state index in [1.165, 1.54) is 24.0 Å². The predicted molar refractivity (Wildman–Crippen MR) is 103 cm³/mol. The summed E-state index contributed by atoms with van der Waals surface area (Å²) in [5.41, 5.74) is 4.77. The molecule has 0 heterocycles. The number of hydrogen-bond acceptors (Lipinski definition) is 2. The third-order valence-corrected chi connectivity index (χ3v) is 4.66. The second-order valence-corrected chi connectivity index (χ2v) is 6.46. The van der Waals surface area contributed by atoms with Crippen LogP contribution in [0.25, 0.3) is 11.1 Å². The fourth-order valence-electron chi connectivity index (χ4n) is 3.20. The van der Waals surface area contributed by atoms with E-state index in [9.17, 15) is 10.2 Å². The van der Waals surface area contributed by atoms with Gasteiger partial charge in [0.05, 0.1) is 0 Å². The lowest BCUT2D eigenvalue weighted by Crippen LogP contribution is -2.01. The molecular weight excluding hydrogens is 308 g/mol. The molecular formula is C23H24O2. The zero-order valence-electron chi connectivity index (χ0n) is 14.5. The monoisotopic (exact) mass is 332 g/mol. The molecule has 1 unspecified atom stereocenters. The molecule has 2 heteroatoms. The predicted octanol–water partition coefficient (Wildman–Crippen LogP) is 6.09. The minimum absolute atomic E-state index is 0.285. The molecule has 0 aliphatic heterocycles. The van der Waals surface area contributed by atoms with Crippen LogP contribution in [0.3, 0.4) is 0 Å². The van der Waals surface area contributed by atoms with E-state index in [1.807, 2.05) is 24.3 Å². The van der Waals surface area contributed by atoms with Gasteiger partial charge >= 0.3 is 0 Å². The summed E-state index contributed by atoms with van der Waals surface area (Å²) in [7, 11) is 0. The molecule has 0 saturated heterocycles. The molecule has 3 aromatic carbocycles. The van der Waals surface area contributed by atoms with Crippen molar-refractivity contribution in [3.8, 4) is 22.6 Å². The summed E-state index contributed by atoms with van der Waals surface area (Å²) >= 11 is 0. The Morgan fingerprint density at radius 3 is 1.52 bits per heavy atom. The van der Waals surface area contributed by atoms with E-state index in [-0.39, 0.29) is 5.75 Å². The summed E-state index contributed by atoms with van der Waals surface area (Å²) in [5, 5.41) is 19.0. The molecule has 1 atom stereocenters. The number of unbranched alkanes of at least 4 members (excludes halogenated alkanes) is 1. The van der Waals surface area contributed by atoms with Crippen LogP contribution in [0.15, 0.2) is 72.8 Å². The first-order chi connectivity index (χ1) is 12.2. The fourth-order valence-corrected chi connectivity index (χ4v) is 3.20. The van der Waals surface area contributed by atoms with Crippen LogP contribution in [0, 0.1) is 0 Å². The largest absolute Gasteiger partial charge is 0.508 e. The van der Waals surface area contributed by atoms with Gasteiger partial charge in [-0.05, 0) is 52.9 Å². The summed E-state index contributed by atoms with van der Waals surface area (Å²) in [6, 6.07) is 23.5. The van der Waals surface area contributed by atoms with Crippen molar-refractivity contribution in [2.24, 2.45) is 0 Å². The van der Waals surface area contributed by atoms with Gasteiger partial charge in [-0.25, -0.2) is 0 Å². The summed E-state index contributed by atoms with van der Waals surface area (Å²) in [6.07, 6.45) is 3.44. The minimum Gasteiger partial charge on any atom is -0.508 e. The standard InChI is InChI=1S/C23H24O2/c1-2-3-4-23(20-11-15-22(25)16-12-20)19-7-5-17(6-8-19)18-9-13-21(24)14-10-18/h5-16,23-25H,2-4H2,1H3. The van der Waals surface area contributed by atoms with E-state index in [2.05, 4.69) is 31.2 Å². The van der Waals surface area contributed by atoms with Crippen LogP contribution >= 0.6 is 0 Å². The molecule has 3 rings (SSSR count). The third kappa shape index (κ3) is 4.21. The van der Waals surface area contributed by atoms with Gasteiger partial charge in [0, 0.05) is 5.92 Å². The zero-order chi connectivity index (χ0) is 17.6. The number of benzene rings is 3. The Morgan fingerprint density at radius 2 is 1.04 bits per heavy atom. The van der Waals surface area contributed by atoms with Crippen LogP contribution < -0.4 is 0 Å². The first-order valence-corrected chi connectivity index (χ1v) is 8.85. The highest BCUT2D eigenvalue weighted by atomic mass is 16.3. The first kappa shape index (κ1) is 17.1. The van der Waals surface area contributed by atoms with E-state index in [1.54, 1.807) is 24.3 Å². The Kier molecular flexibility index (Phi) is 5.39. The number of phenols is 2. The van der Waals surface area contributed by atoms with Gasteiger partial charge in [-0.1, -0.05) is 68.3 Å². The SMILES string of the molecule is CCCCC(c1ccc(O)cc1)c1ccc(-c2ccc(O)cc2)cc1. The molecule has 0 saturated carbocycles. The smallest absolute Gasteiger partial charge is 0.115 e. The van der Waals surface area contributed by atoms with E-state index < -0.39 is 0 Å². The summed E-state index contributed by atoms with van der Waals surface area (Å²) in [5.74, 6) is 0.933. The molecule has 0 spiro atoms. The lowest BCUT2D eigenvalue weighted by atomic mass is 9.86. The number of rotatable bonds is 6. The van der Waals surface area contributed by atoms with Gasteiger partial charge in [-0.3, -0.25) is 0 Å². The van der Waals surface area contributed by atoms with Crippen molar-refractivity contribution in [2.75, 3.05) is 0 Å². The van der Waals surface area contributed by atoms with Gasteiger partial charge in [0.15, 0.2) is 0 Å². The van der Waals surface area contributed by atoms with E-state index in [0.717, 1.165) is 17.5 Å². The summed E-state index contributed by atoms with van der Waals surface area (Å²) in [6.45, 7) is 2.21. The molecule has 2 N–H and O–H groups in total. The molecule has 0 aliphatic carbocycles. The molecule has 0 aliphatic rings. The Hall–Kier alpha value is -2.74. The van der Waals surface area contributed by atoms with Crippen LogP contribution in [-0.2, 0) is 0 Å². The van der Waals surface area contributed by atoms with Crippen molar-refractivity contribution in [2.45, 2.75) is 32.1 Å². The van der Waals surface area contributed by atoms with Crippen molar-refractivity contribution in [1.82, 2.24) is 0 Å². The summed E-state index contributed by atoms with van der Waals surface area (Å²) in [4.78, 5) is 0. The highest BCUT2D eigenvalue weighted by Gasteiger charge is 2.14. The minimum atomic E-state index is 0.285. The Bertz CT molecular complexity index is 787. The average Bonchev–Trinajstić information content (AvgIpc) is 2.65. The second-order valence-electron chi connectivity index (χ2n) is 6.46. The van der Waals surface area contributed by atoms with Crippen LogP contribution in [0.2, 0.25) is 0 Å². The van der Waals surface area contributed by atoms with Gasteiger partial charge in [0.2, 0.25) is 0 Å². The van der Waals surface area contributed by atoms with Gasteiger partial charge in [0.25, 0.3) is 0 Å². The fraction of sp³-hybridized carbons (Fsp3) is 0.217. The molecule has 0 fully saturated rings. The zero-order valence-corrected chi connectivity index (χ0v) is 14.5. The van der Waals surface area contributed by atoms with Crippen LogP contribution in [-0.4, -0.2) is 10.2 Å². The quantitative estimate of drug-likeness (QED) is 0.573. The molecule has 128 valence electrons. The van der Waals surface area contributed by atoms with E-state index in [4.69, 9.17) is 0 Å². The van der Waals surface area contributed by atoms with Crippen molar-refractivity contribution in [3.63, 3.8) is 0 Å². The molecule has 2 nitrogen and oxygen atoms in total. The second kappa shape index (κ2) is 7.89. The van der Waals surface area contributed by atoms with Crippen molar-refractivity contribution >= 4 is 0 Å². The average molecular weight is 332 g/mol. The van der Waals surface area contributed by atoms with E-state index >= 15 is 0 Å². The van der Waals surface area contributed by atoms with Gasteiger partial charge in [-0.2, -0.15) is 0 Å². The normalized spacial score (nSPS) is 12.0. The van der Waals surface area contributed by atoms with Gasteiger partial charge in [-0.15, -0.1) is 0 Å². The maximum atomic E-state index is 9.55. The molecule has 0 bridgehead atoms. The number of phenolic OH excluding ortho intramolecular Hbond substituents is 2. The molecule has 25 heavy (non-hydrogen) atoms. The maximum absolute atomic E-state index is 9.55. The molecule has 0 amide bonds. The van der Waals surface area contributed by atoms with Gasteiger partial charge < -0.3 is 10.2 Å². The van der Waals surface area contributed by atoms with Crippen LogP contribution in [0.1, 0.15) is 43.2 Å². The topological polar surface area (TPSA) is 40.5 Å². The lowest BCUT2D eigenvalue weighted by molar-refractivity contribution is 0.474. The Labute approximate surface area is 149 Å². The number of hydrogen-bond donors (Lipinski definition) is 2. The van der Waals surface area contributed by atoms with Crippen molar-refractivity contribution in [3.05, 3.63) is 83.9 Å². The number of aromatic hydroxyl groups is 2. The highest BCUT2D eigenvalue weighted by molar-refractivity contribution is 5.64. The Balaban J connectivity index is 1.88. The highest BCUT2D eigenvalue weighted by Crippen LogP contribution is 2.32. The summed E-state index contributed by atoms with van der Waals surface area (Å²) < 4.78 is 0. The molecule has 3 aromatic rings. The van der Waals surface area contributed by atoms with Gasteiger partial charge in [0.1, 0.15) is 11.5 Å². The van der Waals surface area contributed by atoms with Crippen molar-refractivity contribution in [1.29, 1.82) is 0 Å².